The van der Waals surface area contributed by atoms with Gasteiger partial charge in [0.2, 0.25) is 6.79 Å². The van der Waals surface area contributed by atoms with Crippen molar-refractivity contribution in [3.8, 4) is 28.7 Å². The lowest BCUT2D eigenvalue weighted by atomic mass is 9.87. The summed E-state index contributed by atoms with van der Waals surface area (Å²) in [5.74, 6) is 0.511. The minimum Gasteiger partial charge on any atom is -0.497 e. The highest BCUT2D eigenvalue weighted by molar-refractivity contribution is 6.26. The van der Waals surface area contributed by atoms with Gasteiger partial charge in [-0.1, -0.05) is 12.1 Å². The number of carboxylic acids is 1. The minimum atomic E-state index is -1.30. The molecule has 2 aliphatic heterocycles. The van der Waals surface area contributed by atoms with E-state index in [2.05, 4.69) is 4.90 Å². The van der Waals surface area contributed by atoms with Crippen molar-refractivity contribution >= 4 is 17.3 Å². The molecule has 0 saturated carbocycles. The molecule has 1 fully saturated rings. The number of ketones is 1. The molecule has 238 valence electrons. The van der Waals surface area contributed by atoms with Crippen molar-refractivity contribution in [3.63, 3.8) is 0 Å². The SMILES string of the molecule is COc1ccc(C(=O)C(=C(C(=O)O)c2ccc3c(c2)OCO3)C(OCCCN2CCOCC2)c2ccc(OC)c(OC)c2)cc1. The summed E-state index contributed by atoms with van der Waals surface area (Å²) in [6, 6.07) is 16.5. The molecule has 3 aromatic carbocycles. The Morgan fingerprint density at radius 3 is 2.24 bits per heavy atom. The summed E-state index contributed by atoms with van der Waals surface area (Å²) in [6.45, 7) is 4.04. The third-order valence-electron chi connectivity index (χ3n) is 7.72. The van der Waals surface area contributed by atoms with Crippen LogP contribution in [0.3, 0.4) is 0 Å². The van der Waals surface area contributed by atoms with Crippen LogP contribution < -0.4 is 23.7 Å². The molecule has 1 saturated heterocycles. The standard InChI is InChI=1S/C34H37NO10/c1-39-25-9-5-22(6-10-25)32(36)31(30(34(37)38)23-7-12-27-29(19-23)45-21-44-27)33(24-8-11-26(40-2)28(20-24)41-3)43-16-4-13-35-14-17-42-18-15-35/h5-12,19-20,33H,4,13-18,21H2,1-3H3,(H,37,38). The lowest BCUT2D eigenvalue weighted by molar-refractivity contribution is -0.130. The Morgan fingerprint density at radius 1 is 0.844 bits per heavy atom. The van der Waals surface area contributed by atoms with E-state index in [0.717, 1.165) is 19.6 Å². The van der Waals surface area contributed by atoms with E-state index in [-0.39, 0.29) is 35.7 Å². The smallest absolute Gasteiger partial charge is 0.336 e. The number of nitrogens with zero attached hydrogens (tertiary/aromatic N) is 1. The first-order valence-electron chi connectivity index (χ1n) is 14.6. The average molecular weight is 620 g/mol. The fraction of sp³-hybridized carbons (Fsp3) is 0.353. The molecule has 0 radical (unpaired) electrons. The van der Waals surface area contributed by atoms with Crippen LogP contribution in [0.4, 0.5) is 0 Å². The Balaban J connectivity index is 1.64. The molecular formula is C34H37NO10. The molecule has 0 amide bonds. The summed E-state index contributed by atoms with van der Waals surface area (Å²) in [4.78, 5) is 29.9. The summed E-state index contributed by atoms with van der Waals surface area (Å²) in [7, 11) is 4.56. The van der Waals surface area contributed by atoms with Crippen molar-refractivity contribution in [1.82, 2.24) is 4.90 Å². The van der Waals surface area contributed by atoms with Crippen molar-refractivity contribution in [1.29, 1.82) is 0 Å². The fourth-order valence-corrected chi connectivity index (χ4v) is 5.38. The average Bonchev–Trinajstić information content (AvgIpc) is 3.55. The first kappa shape index (κ1) is 31.8. The van der Waals surface area contributed by atoms with Gasteiger partial charge in [0, 0.05) is 37.4 Å². The Labute approximate surface area is 261 Å². The Hall–Kier alpha value is -4.58. The monoisotopic (exact) mass is 619 g/mol. The third-order valence-corrected chi connectivity index (χ3v) is 7.72. The summed E-state index contributed by atoms with van der Waals surface area (Å²) >= 11 is 0. The normalized spacial score (nSPS) is 15.6. The highest BCUT2D eigenvalue weighted by Gasteiger charge is 2.33. The summed E-state index contributed by atoms with van der Waals surface area (Å²) in [6.07, 6.45) is -0.430. The van der Waals surface area contributed by atoms with Crippen LogP contribution in [-0.2, 0) is 14.3 Å². The highest BCUT2D eigenvalue weighted by atomic mass is 16.7. The number of methoxy groups -OCH3 is 3. The van der Waals surface area contributed by atoms with Crippen LogP contribution in [0.25, 0.3) is 5.57 Å². The van der Waals surface area contributed by atoms with E-state index in [4.69, 9.17) is 33.2 Å². The van der Waals surface area contributed by atoms with E-state index < -0.39 is 17.9 Å². The Morgan fingerprint density at radius 2 is 1.56 bits per heavy atom. The summed E-state index contributed by atoms with van der Waals surface area (Å²) in [5.41, 5.74) is 0.793. The van der Waals surface area contributed by atoms with Gasteiger partial charge >= 0.3 is 5.97 Å². The highest BCUT2D eigenvalue weighted by Crippen LogP contribution is 2.41. The molecule has 5 rings (SSSR count). The number of carboxylic acid groups (broad SMARTS) is 1. The number of rotatable bonds is 14. The number of hydrogen-bond donors (Lipinski definition) is 1. The number of hydrogen-bond acceptors (Lipinski definition) is 10. The second kappa shape index (κ2) is 14.9. The number of ether oxygens (including phenoxy) is 7. The van der Waals surface area contributed by atoms with E-state index in [1.165, 1.54) is 21.3 Å². The second-order valence-corrected chi connectivity index (χ2v) is 10.4. The zero-order valence-electron chi connectivity index (χ0n) is 25.6. The maximum Gasteiger partial charge on any atom is 0.336 e. The van der Waals surface area contributed by atoms with E-state index in [1.54, 1.807) is 60.7 Å². The lowest BCUT2D eigenvalue weighted by Crippen LogP contribution is -2.37. The van der Waals surface area contributed by atoms with Gasteiger partial charge in [-0.2, -0.15) is 0 Å². The predicted octanol–water partition coefficient (Wildman–Crippen LogP) is 4.64. The molecule has 0 bridgehead atoms. The Bertz CT molecular complexity index is 1530. The van der Waals surface area contributed by atoms with E-state index in [9.17, 15) is 14.7 Å². The molecule has 0 aliphatic carbocycles. The minimum absolute atomic E-state index is 0.0169. The zero-order valence-corrected chi connectivity index (χ0v) is 25.6. The maximum atomic E-state index is 14.5. The van der Waals surface area contributed by atoms with E-state index in [1.807, 2.05) is 0 Å². The van der Waals surface area contributed by atoms with E-state index in [0.29, 0.717) is 53.9 Å². The van der Waals surface area contributed by atoms with Gasteiger partial charge in [0.1, 0.15) is 11.9 Å². The van der Waals surface area contributed by atoms with Crippen LogP contribution >= 0.6 is 0 Å². The molecule has 0 aromatic heterocycles. The molecule has 11 heteroatoms. The topological polar surface area (TPSA) is 122 Å². The van der Waals surface area contributed by atoms with Gasteiger partial charge in [-0.15, -0.1) is 0 Å². The van der Waals surface area contributed by atoms with Crippen LogP contribution in [0.1, 0.15) is 34.0 Å². The number of aliphatic carboxylic acids is 1. The number of benzene rings is 3. The summed E-state index contributed by atoms with van der Waals surface area (Å²) < 4.78 is 39.2. The molecule has 0 spiro atoms. The predicted molar refractivity (Wildman–Crippen MR) is 165 cm³/mol. The summed E-state index contributed by atoms with van der Waals surface area (Å²) in [5, 5.41) is 10.7. The molecular weight excluding hydrogens is 582 g/mol. The van der Waals surface area contributed by atoms with Crippen molar-refractivity contribution < 1.29 is 47.9 Å². The van der Waals surface area contributed by atoms with Crippen molar-refractivity contribution in [2.75, 3.05) is 67.6 Å². The van der Waals surface area contributed by atoms with Gasteiger partial charge in [0.25, 0.3) is 0 Å². The molecule has 1 unspecified atom stereocenters. The Kier molecular flexibility index (Phi) is 10.6. The van der Waals surface area contributed by atoms with Crippen LogP contribution in [0, 0.1) is 0 Å². The van der Waals surface area contributed by atoms with Gasteiger partial charge in [-0.05, 0) is 66.1 Å². The van der Waals surface area contributed by atoms with Gasteiger partial charge in [0.05, 0.1) is 40.1 Å². The number of carbonyl (C=O) groups excluding carboxylic acids is 1. The van der Waals surface area contributed by atoms with Crippen LogP contribution in [0.15, 0.2) is 66.2 Å². The molecule has 11 nitrogen and oxygen atoms in total. The molecule has 3 aromatic rings. The van der Waals surface area contributed by atoms with E-state index >= 15 is 0 Å². The third kappa shape index (κ3) is 7.39. The number of Topliss-reactive ketones (excluding diaryl/α,β-unsaturated/α-hetero) is 1. The number of fused-ring (bicyclic) bond motifs is 1. The lowest BCUT2D eigenvalue weighted by Gasteiger charge is -2.27. The van der Waals surface area contributed by atoms with Gasteiger partial charge in [-0.25, -0.2) is 4.79 Å². The van der Waals surface area contributed by atoms with Crippen molar-refractivity contribution in [3.05, 3.63) is 82.9 Å². The van der Waals surface area contributed by atoms with Crippen molar-refractivity contribution in [2.24, 2.45) is 0 Å². The van der Waals surface area contributed by atoms with Gasteiger partial charge in [0.15, 0.2) is 28.8 Å². The van der Waals surface area contributed by atoms with Crippen molar-refractivity contribution in [2.45, 2.75) is 12.5 Å². The second-order valence-electron chi connectivity index (χ2n) is 10.4. The number of morpholine rings is 1. The molecule has 1 atom stereocenters. The van der Waals surface area contributed by atoms with Crippen LogP contribution in [0.2, 0.25) is 0 Å². The molecule has 2 aliphatic rings. The first-order chi connectivity index (χ1) is 21.9. The van der Waals surface area contributed by atoms with Crippen LogP contribution in [0.5, 0.6) is 28.7 Å². The number of carbonyl (C=O) groups is 2. The zero-order chi connectivity index (χ0) is 31.8. The van der Waals surface area contributed by atoms with Gasteiger partial charge in [-0.3, -0.25) is 9.69 Å². The quantitative estimate of drug-likeness (QED) is 0.154. The first-order valence-corrected chi connectivity index (χ1v) is 14.6. The van der Waals surface area contributed by atoms with Crippen LogP contribution in [-0.4, -0.2) is 89.3 Å². The molecule has 45 heavy (non-hydrogen) atoms. The maximum absolute atomic E-state index is 14.5. The van der Waals surface area contributed by atoms with Gasteiger partial charge < -0.3 is 38.3 Å². The molecule has 2 heterocycles. The fourth-order valence-electron chi connectivity index (χ4n) is 5.38. The largest absolute Gasteiger partial charge is 0.497 e. The molecule has 1 N–H and O–H groups in total.